The summed E-state index contributed by atoms with van der Waals surface area (Å²) in [7, 11) is 0. The Balaban J connectivity index is 1.22. The van der Waals surface area contributed by atoms with Gasteiger partial charge in [-0.1, -0.05) is 30.3 Å². The Kier molecular flexibility index (Phi) is 6.38. The first-order chi connectivity index (χ1) is 14.6. The number of nitrogens with zero attached hydrogens (tertiary/aromatic N) is 3. The average molecular weight is 423 g/mol. The molecule has 0 spiro atoms. The third-order valence-corrected chi connectivity index (χ3v) is 6.12. The van der Waals surface area contributed by atoms with E-state index in [1.54, 1.807) is 11.8 Å². The number of fused-ring (bicyclic) bond motifs is 1. The van der Waals surface area contributed by atoms with Crippen LogP contribution in [0, 0.1) is 6.92 Å². The number of rotatable bonds is 8. The number of imidazole rings is 1. The molecule has 7 heteroatoms. The SMILES string of the molecule is Cc1ccc2nc(CSCC(=O)NCc3cccc(CN4CCCC4=O)c3)cn2c1. The Morgan fingerprint density at radius 1 is 1.20 bits per heavy atom. The Labute approximate surface area is 180 Å². The third kappa shape index (κ3) is 5.21. The molecule has 2 amide bonds. The summed E-state index contributed by atoms with van der Waals surface area (Å²) in [5.41, 5.74) is 5.25. The number of carbonyl (C=O) groups excluding carboxylic acids is 2. The number of nitrogens with one attached hydrogen (secondary N) is 1. The predicted octanol–water partition coefficient (Wildman–Crippen LogP) is 3.31. The molecule has 0 bridgehead atoms. The topological polar surface area (TPSA) is 66.7 Å². The van der Waals surface area contributed by atoms with E-state index in [9.17, 15) is 9.59 Å². The number of hydrogen-bond donors (Lipinski definition) is 1. The van der Waals surface area contributed by atoms with E-state index in [0.717, 1.165) is 35.4 Å². The van der Waals surface area contributed by atoms with Crippen LogP contribution in [0.2, 0.25) is 0 Å². The van der Waals surface area contributed by atoms with Crippen LogP contribution in [0.1, 0.15) is 35.2 Å². The first-order valence-electron chi connectivity index (χ1n) is 10.2. The van der Waals surface area contributed by atoms with E-state index in [1.165, 1.54) is 5.56 Å². The highest BCUT2D eigenvalue weighted by atomic mass is 32.2. The summed E-state index contributed by atoms with van der Waals surface area (Å²) in [5.74, 6) is 1.34. The lowest BCUT2D eigenvalue weighted by Crippen LogP contribution is -2.25. The van der Waals surface area contributed by atoms with Crippen molar-refractivity contribution in [2.75, 3.05) is 12.3 Å². The Hall–Kier alpha value is -2.80. The van der Waals surface area contributed by atoms with Gasteiger partial charge in [0.05, 0.1) is 11.4 Å². The predicted molar refractivity (Wildman–Crippen MR) is 119 cm³/mol. The van der Waals surface area contributed by atoms with Gasteiger partial charge in [-0.3, -0.25) is 9.59 Å². The molecule has 1 aromatic carbocycles. The normalized spacial score (nSPS) is 13.9. The molecule has 30 heavy (non-hydrogen) atoms. The van der Waals surface area contributed by atoms with E-state index in [-0.39, 0.29) is 11.8 Å². The number of thioether (sulfide) groups is 1. The van der Waals surface area contributed by atoms with Crippen molar-refractivity contribution >= 4 is 29.2 Å². The molecule has 0 radical (unpaired) electrons. The van der Waals surface area contributed by atoms with Crippen molar-refractivity contribution in [1.82, 2.24) is 19.6 Å². The van der Waals surface area contributed by atoms with Gasteiger partial charge in [-0.2, -0.15) is 0 Å². The molecule has 1 fully saturated rings. The van der Waals surface area contributed by atoms with E-state index in [0.29, 0.717) is 31.0 Å². The molecule has 0 unspecified atom stereocenters. The summed E-state index contributed by atoms with van der Waals surface area (Å²) < 4.78 is 2.02. The van der Waals surface area contributed by atoms with Crippen LogP contribution >= 0.6 is 11.8 Å². The molecule has 1 aliphatic rings. The minimum Gasteiger partial charge on any atom is -0.351 e. The molecule has 4 rings (SSSR count). The van der Waals surface area contributed by atoms with Gasteiger partial charge >= 0.3 is 0 Å². The van der Waals surface area contributed by atoms with E-state index in [1.807, 2.05) is 45.8 Å². The fourth-order valence-corrected chi connectivity index (χ4v) is 4.39. The molecule has 3 heterocycles. The van der Waals surface area contributed by atoms with E-state index in [2.05, 4.69) is 29.5 Å². The van der Waals surface area contributed by atoms with Crippen molar-refractivity contribution in [2.45, 2.75) is 38.6 Å². The molecule has 3 aromatic rings. The molecule has 0 saturated carbocycles. The van der Waals surface area contributed by atoms with Gasteiger partial charge in [0.1, 0.15) is 5.65 Å². The third-order valence-electron chi connectivity index (χ3n) is 5.16. The van der Waals surface area contributed by atoms with Crippen LogP contribution in [0.15, 0.2) is 48.8 Å². The summed E-state index contributed by atoms with van der Waals surface area (Å²) in [6, 6.07) is 12.1. The van der Waals surface area contributed by atoms with Gasteiger partial charge in [-0.15, -0.1) is 11.8 Å². The average Bonchev–Trinajstić information content (AvgIpc) is 3.32. The lowest BCUT2D eigenvalue weighted by atomic mass is 10.1. The van der Waals surface area contributed by atoms with Gasteiger partial charge in [0.2, 0.25) is 11.8 Å². The zero-order valence-electron chi connectivity index (χ0n) is 17.1. The highest BCUT2D eigenvalue weighted by Crippen LogP contribution is 2.16. The number of likely N-dealkylation sites (tertiary alicyclic amines) is 1. The Morgan fingerprint density at radius 3 is 2.90 bits per heavy atom. The molecular formula is C23H26N4O2S. The van der Waals surface area contributed by atoms with Crippen LogP contribution in [0.4, 0.5) is 0 Å². The second-order valence-corrected chi connectivity index (χ2v) is 8.70. The van der Waals surface area contributed by atoms with Crippen LogP contribution in [0.25, 0.3) is 5.65 Å². The molecule has 1 saturated heterocycles. The number of hydrogen-bond acceptors (Lipinski definition) is 4. The smallest absolute Gasteiger partial charge is 0.230 e. The monoisotopic (exact) mass is 422 g/mol. The number of aromatic nitrogens is 2. The van der Waals surface area contributed by atoms with Crippen molar-refractivity contribution in [3.8, 4) is 0 Å². The van der Waals surface area contributed by atoms with Crippen LogP contribution < -0.4 is 5.32 Å². The number of carbonyl (C=O) groups is 2. The molecule has 0 atom stereocenters. The Bertz CT molecular complexity index is 1060. The molecule has 2 aromatic heterocycles. The lowest BCUT2D eigenvalue weighted by molar-refractivity contribution is -0.128. The maximum atomic E-state index is 12.2. The summed E-state index contributed by atoms with van der Waals surface area (Å²) >= 11 is 1.56. The molecule has 1 N–H and O–H groups in total. The fraction of sp³-hybridized carbons (Fsp3) is 0.348. The number of aryl methyl sites for hydroxylation is 1. The minimum atomic E-state index is 0.0136. The van der Waals surface area contributed by atoms with Gasteiger partial charge in [0.15, 0.2) is 0 Å². The number of benzene rings is 1. The fourth-order valence-electron chi connectivity index (χ4n) is 3.65. The van der Waals surface area contributed by atoms with E-state index >= 15 is 0 Å². The molecule has 6 nitrogen and oxygen atoms in total. The van der Waals surface area contributed by atoms with Crippen molar-refractivity contribution in [3.63, 3.8) is 0 Å². The van der Waals surface area contributed by atoms with Crippen LogP contribution in [0.5, 0.6) is 0 Å². The summed E-state index contributed by atoms with van der Waals surface area (Å²) in [4.78, 5) is 30.5. The summed E-state index contributed by atoms with van der Waals surface area (Å²) in [6.07, 6.45) is 5.67. The summed E-state index contributed by atoms with van der Waals surface area (Å²) in [6.45, 7) is 4.03. The second kappa shape index (κ2) is 9.34. The van der Waals surface area contributed by atoms with Crippen molar-refractivity contribution in [3.05, 3.63) is 71.2 Å². The van der Waals surface area contributed by atoms with Gasteiger partial charge < -0.3 is 14.6 Å². The minimum absolute atomic E-state index is 0.0136. The number of pyridine rings is 1. The second-order valence-electron chi connectivity index (χ2n) is 7.71. The zero-order valence-corrected chi connectivity index (χ0v) is 18.0. The van der Waals surface area contributed by atoms with Gasteiger partial charge in [0.25, 0.3) is 0 Å². The highest BCUT2D eigenvalue weighted by Gasteiger charge is 2.19. The zero-order chi connectivity index (χ0) is 20.9. The Morgan fingerprint density at radius 2 is 2.07 bits per heavy atom. The van der Waals surface area contributed by atoms with Crippen LogP contribution in [0.3, 0.4) is 0 Å². The van der Waals surface area contributed by atoms with Gasteiger partial charge in [0, 0.05) is 44.2 Å². The molecule has 1 aliphatic heterocycles. The van der Waals surface area contributed by atoms with Gasteiger partial charge in [-0.25, -0.2) is 4.98 Å². The lowest BCUT2D eigenvalue weighted by Gasteiger charge is -2.16. The summed E-state index contributed by atoms with van der Waals surface area (Å²) in [5, 5.41) is 2.98. The molecule has 156 valence electrons. The first kappa shape index (κ1) is 20.5. The van der Waals surface area contributed by atoms with Crippen molar-refractivity contribution < 1.29 is 9.59 Å². The maximum absolute atomic E-state index is 12.2. The van der Waals surface area contributed by atoms with Crippen molar-refractivity contribution in [1.29, 1.82) is 0 Å². The van der Waals surface area contributed by atoms with E-state index < -0.39 is 0 Å². The molecule has 0 aliphatic carbocycles. The highest BCUT2D eigenvalue weighted by molar-refractivity contribution is 7.99. The van der Waals surface area contributed by atoms with E-state index in [4.69, 9.17) is 0 Å². The van der Waals surface area contributed by atoms with Crippen molar-refractivity contribution in [2.24, 2.45) is 0 Å². The van der Waals surface area contributed by atoms with Crippen LogP contribution in [-0.4, -0.2) is 38.4 Å². The van der Waals surface area contributed by atoms with Gasteiger partial charge in [-0.05, 0) is 36.1 Å². The maximum Gasteiger partial charge on any atom is 0.230 e. The quantitative estimate of drug-likeness (QED) is 0.605. The largest absolute Gasteiger partial charge is 0.351 e. The molecular weight excluding hydrogens is 396 g/mol. The standard InChI is InChI=1S/C23H26N4O2S/c1-17-7-8-21-25-20(14-27(21)12-17)15-30-16-22(28)24-11-18-4-2-5-19(10-18)13-26-9-3-6-23(26)29/h2,4-5,7-8,10,12,14H,3,6,9,11,13,15-16H2,1H3,(H,24,28). The van der Waals surface area contributed by atoms with Crippen LogP contribution in [-0.2, 0) is 28.4 Å². The first-order valence-corrected chi connectivity index (χ1v) is 11.4. The number of amides is 2.